The Kier molecular flexibility index (Phi) is 3.24. The lowest BCUT2D eigenvalue weighted by molar-refractivity contribution is -0.122. The third-order valence-corrected chi connectivity index (χ3v) is 4.82. The lowest BCUT2D eigenvalue weighted by Crippen LogP contribution is -2.51. The Morgan fingerprint density at radius 1 is 1.23 bits per heavy atom. The molecule has 2 N–H and O–H groups in total. The summed E-state index contributed by atoms with van der Waals surface area (Å²) in [5.41, 5.74) is 4.28. The Morgan fingerprint density at radius 2 is 2.12 bits per heavy atom. The van der Waals surface area contributed by atoms with E-state index in [0.717, 1.165) is 35.3 Å². The smallest absolute Gasteiger partial charge is 0.321 e. The number of hydrogen-bond acceptors (Lipinski definition) is 5. The maximum Gasteiger partial charge on any atom is 0.321 e. The third kappa shape index (κ3) is 2.50. The van der Waals surface area contributed by atoms with Crippen molar-refractivity contribution in [1.82, 2.24) is 30.2 Å². The summed E-state index contributed by atoms with van der Waals surface area (Å²) >= 11 is 0. The number of imide groups is 1. The number of carbonyl (C=O) groups excluding carboxylic acids is 2. The van der Waals surface area contributed by atoms with Crippen molar-refractivity contribution in [1.29, 1.82) is 0 Å². The van der Waals surface area contributed by atoms with Crippen LogP contribution in [0.25, 0.3) is 16.9 Å². The van der Waals surface area contributed by atoms with Gasteiger partial charge < -0.3 is 5.32 Å². The molecule has 1 saturated heterocycles. The number of aromatic nitrogens is 4. The molecule has 8 heteroatoms. The number of rotatable bonds is 3. The van der Waals surface area contributed by atoms with Crippen LogP contribution >= 0.6 is 0 Å². The van der Waals surface area contributed by atoms with Gasteiger partial charge in [-0.25, -0.2) is 14.3 Å². The largest absolute Gasteiger partial charge is 0.337 e. The van der Waals surface area contributed by atoms with E-state index < -0.39 is 11.9 Å². The van der Waals surface area contributed by atoms with Gasteiger partial charge in [0.25, 0.3) is 0 Å². The molecule has 3 aromatic heterocycles. The van der Waals surface area contributed by atoms with Gasteiger partial charge in [-0.1, -0.05) is 0 Å². The predicted octanol–water partition coefficient (Wildman–Crippen LogP) is 1.59. The van der Waals surface area contributed by atoms with Gasteiger partial charge in [0.05, 0.1) is 23.5 Å². The molecule has 3 amide bonds. The molecular weight excluding hydrogens is 332 g/mol. The van der Waals surface area contributed by atoms with Gasteiger partial charge in [0, 0.05) is 30.1 Å². The van der Waals surface area contributed by atoms with Gasteiger partial charge in [-0.3, -0.25) is 15.1 Å². The van der Waals surface area contributed by atoms with Crippen LogP contribution in [0.1, 0.15) is 35.9 Å². The van der Waals surface area contributed by atoms with Crippen molar-refractivity contribution in [3.63, 3.8) is 0 Å². The molecule has 3 aromatic rings. The second-order valence-corrected chi connectivity index (χ2v) is 6.69. The van der Waals surface area contributed by atoms with Crippen molar-refractivity contribution in [2.75, 3.05) is 6.54 Å². The van der Waals surface area contributed by atoms with Crippen LogP contribution in [-0.2, 0) is 4.79 Å². The number of nitrogens with zero attached hydrogens (tertiary/aromatic N) is 4. The number of pyridine rings is 1. The molecule has 1 aliphatic heterocycles. The van der Waals surface area contributed by atoms with Gasteiger partial charge in [-0.05, 0) is 37.0 Å². The Labute approximate surface area is 148 Å². The summed E-state index contributed by atoms with van der Waals surface area (Å²) in [6, 6.07) is 5.33. The number of carbonyl (C=O) groups is 2. The SMILES string of the molecule is O=C1NCC(c2cc(C3CC3)c3nc(-c4cccnc4)cn3n2)C(=O)N1. The average Bonchev–Trinajstić information content (AvgIpc) is 3.40. The van der Waals surface area contributed by atoms with Crippen LogP contribution in [-0.4, -0.2) is 38.1 Å². The molecule has 8 nitrogen and oxygen atoms in total. The molecule has 26 heavy (non-hydrogen) atoms. The summed E-state index contributed by atoms with van der Waals surface area (Å²) in [5.74, 6) is -0.376. The molecule has 5 rings (SSSR count). The summed E-state index contributed by atoms with van der Waals surface area (Å²) in [6.45, 7) is 0.247. The zero-order valence-electron chi connectivity index (χ0n) is 13.8. The first-order valence-electron chi connectivity index (χ1n) is 8.58. The summed E-state index contributed by atoms with van der Waals surface area (Å²) in [6.07, 6.45) is 7.58. The molecule has 0 aromatic carbocycles. The Morgan fingerprint density at radius 3 is 2.85 bits per heavy atom. The molecule has 0 radical (unpaired) electrons. The molecule has 4 heterocycles. The second kappa shape index (κ2) is 5.62. The Hall–Kier alpha value is -3.29. The van der Waals surface area contributed by atoms with Crippen molar-refractivity contribution in [2.45, 2.75) is 24.7 Å². The molecule has 1 aliphatic carbocycles. The van der Waals surface area contributed by atoms with E-state index in [0.29, 0.717) is 11.6 Å². The van der Waals surface area contributed by atoms with Crippen LogP contribution in [0.4, 0.5) is 4.79 Å². The van der Waals surface area contributed by atoms with Crippen LogP contribution in [0.3, 0.4) is 0 Å². The molecular formula is C18H16N6O2. The molecule has 130 valence electrons. The van der Waals surface area contributed by atoms with Crippen LogP contribution in [0.5, 0.6) is 0 Å². The zero-order valence-corrected chi connectivity index (χ0v) is 13.8. The highest BCUT2D eigenvalue weighted by Gasteiger charge is 2.33. The fourth-order valence-electron chi connectivity index (χ4n) is 3.31. The highest BCUT2D eigenvalue weighted by Crippen LogP contribution is 2.42. The molecule has 2 fully saturated rings. The number of imidazole rings is 1. The minimum atomic E-state index is -0.501. The topological polar surface area (TPSA) is 101 Å². The number of nitrogens with one attached hydrogen (secondary N) is 2. The van der Waals surface area contributed by atoms with Crippen molar-refractivity contribution in [3.05, 3.63) is 48.0 Å². The van der Waals surface area contributed by atoms with Gasteiger partial charge in [0.1, 0.15) is 0 Å². The summed E-state index contributed by atoms with van der Waals surface area (Å²) < 4.78 is 1.75. The summed E-state index contributed by atoms with van der Waals surface area (Å²) in [4.78, 5) is 32.4. The molecule has 0 bridgehead atoms. The highest BCUT2D eigenvalue weighted by atomic mass is 16.2. The fourth-order valence-corrected chi connectivity index (χ4v) is 3.31. The van der Waals surface area contributed by atoms with Crippen molar-refractivity contribution >= 4 is 17.6 Å². The van der Waals surface area contributed by atoms with E-state index in [1.807, 2.05) is 24.4 Å². The van der Waals surface area contributed by atoms with Crippen molar-refractivity contribution in [3.8, 4) is 11.3 Å². The van der Waals surface area contributed by atoms with E-state index in [2.05, 4.69) is 20.7 Å². The predicted molar refractivity (Wildman–Crippen MR) is 92.5 cm³/mol. The lowest BCUT2D eigenvalue weighted by atomic mass is 10.0. The maximum atomic E-state index is 12.2. The van der Waals surface area contributed by atoms with Crippen LogP contribution < -0.4 is 10.6 Å². The molecule has 0 spiro atoms. The minimum Gasteiger partial charge on any atom is -0.337 e. The summed E-state index contributed by atoms with van der Waals surface area (Å²) in [7, 11) is 0. The van der Waals surface area contributed by atoms with Crippen LogP contribution in [0, 0.1) is 0 Å². The van der Waals surface area contributed by atoms with E-state index in [1.54, 1.807) is 16.9 Å². The number of urea groups is 1. The van der Waals surface area contributed by atoms with E-state index in [9.17, 15) is 9.59 Å². The minimum absolute atomic E-state index is 0.247. The second-order valence-electron chi connectivity index (χ2n) is 6.69. The first-order valence-corrected chi connectivity index (χ1v) is 8.58. The van der Waals surface area contributed by atoms with Gasteiger partial charge >= 0.3 is 6.03 Å². The summed E-state index contributed by atoms with van der Waals surface area (Å²) in [5, 5.41) is 9.58. The quantitative estimate of drug-likeness (QED) is 0.748. The molecule has 1 atom stereocenters. The molecule has 1 unspecified atom stereocenters. The number of amides is 3. The van der Waals surface area contributed by atoms with E-state index in [4.69, 9.17) is 4.98 Å². The van der Waals surface area contributed by atoms with Crippen molar-refractivity contribution < 1.29 is 9.59 Å². The van der Waals surface area contributed by atoms with Gasteiger partial charge in [-0.2, -0.15) is 5.10 Å². The maximum absolute atomic E-state index is 12.2. The van der Waals surface area contributed by atoms with E-state index >= 15 is 0 Å². The van der Waals surface area contributed by atoms with Gasteiger partial charge in [0.15, 0.2) is 5.65 Å². The monoisotopic (exact) mass is 348 g/mol. The average molecular weight is 348 g/mol. The van der Waals surface area contributed by atoms with E-state index in [1.165, 1.54) is 0 Å². The molecule has 2 aliphatic rings. The normalized spacial score (nSPS) is 20.1. The third-order valence-electron chi connectivity index (χ3n) is 4.82. The standard InChI is InChI=1S/C18H16N6O2/c25-17-13(8-20-18(26)22-17)14-6-12(10-3-4-10)16-21-15(9-24(16)23-14)11-2-1-5-19-7-11/h1-2,5-7,9-10,13H,3-4,8H2,(H2,20,22,25,26). The zero-order chi connectivity index (χ0) is 17.7. The first kappa shape index (κ1) is 15.0. The van der Waals surface area contributed by atoms with Crippen LogP contribution in [0.2, 0.25) is 0 Å². The lowest BCUT2D eigenvalue weighted by Gasteiger charge is -2.22. The highest BCUT2D eigenvalue weighted by molar-refractivity contribution is 6.00. The number of hydrogen-bond donors (Lipinski definition) is 2. The van der Waals surface area contributed by atoms with Crippen molar-refractivity contribution in [2.24, 2.45) is 0 Å². The molecule has 1 saturated carbocycles. The fraction of sp³-hybridized carbons (Fsp3) is 0.278. The number of fused-ring (bicyclic) bond motifs is 1. The first-order chi connectivity index (χ1) is 12.7. The van der Waals surface area contributed by atoms with Gasteiger partial charge in [0.2, 0.25) is 5.91 Å². The van der Waals surface area contributed by atoms with Gasteiger partial charge in [-0.15, -0.1) is 0 Å². The Bertz CT molecular complexity index is 1020. The van der Waals surface area contributed by atoms with E-state index in [-0.39, 0.29) is 12.5 Å². The Balaban J connectivity index is 1.62. The van der Waals surface area contributed by atoms with Crippen LogP contribution in [0.15, 0.2) is 36.8 Å².